The lowest BCUT2D eigenvalue weighted by Gasteiger charge is -2.30. The van der Waals surface area contributed by atoms with E-state index in [-0.39, 0.29) is 17.5 Å². The summed E-state index contributed by atoms with van der Waals surface area (Å²) in [7, 11) is 1.79. The molecular weight excluding hydrogens is 397 g/mol. The number of carbonyl (C=O) groups is 1. The molecule has 1 aromatic heterocycles. The topological polar surface area (TPSA) is 55.2 Å². The Morgan fingerprint density at radius 1 is 1.06 bits per heavy atom. The summed E-state index contributed by atoms with van der Waals surface area (Å²) >= 11 is 0. The van der Waals surface area contributed by atoms with Crippen molar-refractivity contribution in [3.05, 3.63) is 63.4 Å². The molecule has 0 saturated heterocycles. The number of hydrogen-bond donors (Lipinski definition) is 0. The van der Waals surface area contributed by atoms with Gasteiger partial charge in [-0.1, -0.05) is 57.6 Å². The molecule has 4 rings (SSSR count). The van der Waals surface area contributed by atoms with Gasteiger partial charge >= 0.3 is 0 Å². The fraction of sp³-hybridized carbons (Fsp3) is 0.423. The molecule has 0 fully saturated rings. The minimum absolute atomic E-state index is 0.0551. The van der Waals surface area contributed by atoms with Crippen molar-refractivity contribution in [3.63, 3.8) is 0 Å². The number of fused-ring (bicyclic) bond motifs is 2. The molecule has 0 bridgehead atoms. The molecule has 0 radical (unpaired) electrons. The van der Waals surface area contributed by atoms with E-state index in [1.54, 1.807) is 11.6 Å². The Labute approximate surface area is 190 Å². The molecule has 6 heteroatoms. The molecule has 0 aliphatic carbocycles. The van der Waals surface area contributed by atoms with Crippen LogP contribution in [-0.4, -0.2) is 33.1 Å². The lowest BCUT2D eigenvalue weighted by atomic mass is 9.51. The van der Waals surface area contributed by atoms with E-state index < -0.39 is 0 Å². The van der Waals surface area contributed by atoms with Crippen LogP contribution in [-0.2, 0) is 13.6 Å². The Morgan fingerprint density at radius 2 is 1.75 bits per heavy atom. The summed E-state index contributed by atoms with van der Waals surface area (Å²) in [5.41, 5.74) is 5.32. The molecule has 3 aromatic rings. The van der Waals surface area contributed by atoms with Crippen molar-refractivity contribution in [1.82, 2.24) is 14.5 Å². The molecule has 2 aromatic carbocycles. The average molecular weight is 429 g/mol. The summed E-state index contributed by atoms with van der Waals surface area (Å²) in [6, 6.07) is 11.7. The highest BCUT2D eigenvalue weighted by Gasteiger charge is 2.35. The van der Waals surface area contributed by atoms with E-state index in [0.717, 1.165) is 40.5 Å². The number of aryl methyl sites for hydroxylation is 2. The van der Waals surface area contributed by atoms with E-state index in [1.807, 2.05) is 48.2 Å². The third-order valence-corrected chi connectivity index (χ3v) is 7.07. The van der Waals surface area contributed by atoms with Crippen molar-refractivity contribution in [2.75, 3.05) is 0 Å². The van der Waals surface area contributed by atoms with Gasteiger partial charge in [-0.05, 0) is 43.0 Å². The van der Waals surface area contributed by atoms with Crippen LogP contribution < -0.4 is 5.56 Å². The highest BCUT2D eigenvalue weighted by molar-refractivity contribution is 6.55. The molecule has 1 amide bonds. The summed E-state index contributed by atoms with van der Waals surface area (Å²) in [6.45, 7) is 12.0. The van der Waals surface area contributed by atoms with E-state index in [4.69, 9.17) is 4.98 Å². The van der Waals surface area contributed by atoms with E-state index in [9.17, 15) is 9.59 Å². The van der Waals surface area contributed by atoms with Crippen LogP contribution in [0.5, 0.6) is 0 Å². The highest BCUT2D eigenvalue weighted by Crippen LogP contribution is 2.34. The molecule has 2 atom stereocenters. The number of carbonyl (C=O) groups excluding carboxylic acids is 1. The first kappa shape index (κ1) is 22.3. The quantitative estimate of drug-likeness (QED) is 0.517. The fourth-order valence-corrected chi connectivity index (χ4v) is 4.71. The predicted octanol–water partition coefficient (Wildman–Crippen LogP) is 5.03. The molecule has 2 heterocycles. The molecule has 1 aliphatic rings. The maximum absolute atomic E-state index is 13.3. The minimum atomic E-state index is -0.138. The zero-order valence-corrected chi connectivity index (χ0v) is 20.0. The second kappa shape index (κ2) is 8.57. The second-order valence-electron chi connectivity index (χ2n) is 9.72. The Hall–Kier alpha value is -2.89. The zero-order chi connectivity index (χ0) is 23.2. The first-order valence-electron chi connectivity index (χ1n) is 11.6. The first-order valence-corrected chi connectivity index (χ1v) is 11.6. The summed E-state index contributed by atoms with van der Waals surface area (Å²) in [5.74, 6) is 0.466. The van der Waals surface area contributed by atoms with Crippen molar-refractivity contribution in [2.24, 2.45) is 13.0 Å². The summed E-state index contributed by atoms with van der Waals surface area (Å²) in [6.07, 6.45) is 2.25. The molecular formula is C26H32BN3O2. The van der Waals surface area contributed by atoms with Gasteiger partial charge in [0.25, 0.3) is 11.5 Å². The summed E-state index contributed by atoms with van der Waals surface area (Å²) in [5, 5.41) is 0. The van der Waals surface area contributed by atoms with E-state index in [1.165, 1.54) is 0 Å². The van der Waals surface area contributed by atoms with Crippen molar-refractivity contribution >= 4 is 23.7 Å². The van der Waals surface area contributed by atoms with Crippen LogP contribution in [0.4, 0.5) is 0 Å². The average Bonchev–Trinajstić information content (AvgIpc) is 3.11. The molecule has 0 spiro atoms. The molecule has 1 aliphatic heterocycles. The Kier molecular flexibility index (Phi) is 5.98. The largest absolute Gasteiger partial charge is 0.331 e. The molecule has 32 heavy (non-hydrogen) atoms. The first-order chi connectivity index (χ1) is 15.2. The Balaban J connectivity index is 1.76. The van der Waals surface area contributed by atoms with Crippen molar-refractivity contribution < 1.29 is 4.79 Å². The number of rotatable bonds is 6. The Bertz CT molecular complexity index is 1250. The van der Waals surface area contributed by atoms with E-state index in [0.29, 0.717) is 30.4 Å². The van der Waals surface area contributed by atoms with Gasteiger partial charge in [0.05, 0.1) is 11.0 Å². The van der Waals surface area contributed by atoms with Crippen LogP contribution in [0.1, 0.15) is 41.8 Å². The number of nitrogens with zero attached hydrogens (tertiary/aromatic N) is 3. The Morgan fingerprint density at radius 3 is 2.47 bits per heavy atom. The summed E-state index contributed by atoms with van der Waals surface area (Å²) in [4.78, 5) is 33.3. The lowest BCUT2D eigenvalue weighted by Crippen LogP contribution is -2.38. The van der Waals surface area contributed by atoms with Crippen LogP contribution in [0.3, 0.4) is 0 Å². The molecule has 2 unspecified atom stereocenters. The maximum atomic E-state index is 13.3. The number of hydrogen-bond acceptors (Lipinski definition) is 3. The normalized spacial score (nSPS) is 15.2. The summed E-state index contributed by atoms with van der Waals surface area (Å²) < 4.78 is 1.66. The van der Waals surface area contributed by atoms with Gasteiger partial charge in [0, 0.05) is 30.8 Å². The van der Waals surface area contributed by atoms with Gasteiger partial charge in [-0.2, -0.15) is 0 Å². The van der Waals surface area contributed by atoms with Crippen molar-refractivity contribution in [3.8, 4) is 11.3 Å². The van der Waals surface area contributed by atoms with E-state index >= 15 is 0 Å². The van der Waals surface area contributed by atoms with Crippen LogP contribution in [0.2, 0.25) is 20.0 Å². The monoisotopic (exact) mass is 429 g/mol. The zero-order valence-electron chi connectivity index (χ0n) is 20.0. The van der Waals surface area contributed by atoms with Crippen LogP contribution in [0.15, 0.2) is 41.2 Å². The molecule has 166 valence electrons. The molecule has 5 nitrogen and oxygen atoms in total. The van der Waals surface area contributed by atoms with Crippen LogP contribution in [0.25, 0.3) is 22.3 Å². The maximum Gasteiger partial charge on any atom is 0.277 e. The molecule has 0 N–H and O–H groups in total. The van der Waals surface area contributed by atoms with Crippen molar-refractivity contribution in [2.45, 2.75) is 59.7 Å². The number of benzene rings is 2. The van der Waals surface area contributed by atoms with Crippen LogP contribution in [0, 0.1) is 12.8 Å². The number of amides is 1. The number of aromatic nitrogens is 2. The van der Waals surface area contributed by atoms with Crippen LogP contribution >= 0.6 is 0 Å². The van der Waals surface area contributed by atoms with Gasteiger partial charge in [-0.3, -0.25) is 9.59 Å². The van der Waals surface area contributed by atoms with E-state index in [2.05, 4.69) is 27.5 Å². The third kappa shape index (κ3) is 3.76. The second-order valence-corrected chi connectivity index (χ2v) is 9.72. The molecule has 0 saturated carbocycles. The van der Waals surface area contributed by atoms with Gasteiger partial charge in [-0.25, -0.2) is 4.98 Å². The predicted molar refractivity (Wildman–Crippen MR) is 133 cm³/mol. The fourth-order valence-electron chi connectivity index (χ4n) is 4.71. The minimum Gasteiger partial charge on any atom is -0.331 e. The SMILES string of the molecule is CB(C)CCC(C)C(C)N1Cc2c(cccc2-c2nc3c(C)cccc3n(C)c2=O)C1=O. The van der Waals surface area contributed by atoms with Gasteiger partial charge in [0.15, 0.2) is 0 Å². The van der Waals surface area contributed by atoms with Gasteiger partial charge in [0.2, 0.25) is 0 Å². The third-order valence-electron chi connectivity index (χ3n) is 7.07. The van der Waals surface area contributed by atoms with Gasteiger partial charge in [-0.15, -0.1) is 0 Å². The van der Waals surface area contributed by atoms with Gasteiger partial charge in [0.1, 0.15) is 12.4 Å². The smallest absolute Gasteiger partial charge is 0.277 e. The lowest BCUT2D eigenvalue weighted by molar-refractivity contribution is 0.0662. The van der Waals surface area contributed by atoms with Gasteiger partial charge < -0.3 is 9.47 Å². The number of para-hydroxylation sites is 1. The highest BCUT2D eigenvalue weighted by atomic mass is 16.2. The van der Waals surface area contributed by atoms with Crippen molar-refractivity contribution in [1.29, 1.82) is 0 Å². The standard InChI is InChI=1S/C26H32BN3O2/c1-16(13-14-27(4)5)18(3)30-15-21-19(10-8-11-20(21)25(30)31)24-26(32)29(6)22-12-7-9-17(2)23(22)28-24/h7-12,16,18H,13-15H2,1-6H3.